The first-order valence-electron chi connectivity index (χ1n) is 13.0. The second kappa shape index (κ2) is 11.5. The van der Waals surface area contributed by atoms with Crippen molar-refractivity contribution in [3.05, 3.63) is 76.2 Å². The Morgan fingerprint density at radius 1 is 1.06 bits per heavy atom. The van der Waals surface area contributed by atoms with Gasteiger partial charge in [-0.15, -0.1) is 0 Å². The third-order valence-corrected chi connectivity index (χ3v) is 7.07. The molecule has 0 bridgehead atoms. The molecule has 0 aliphatic rings. The van der Waals surface area contributed by atoms with Crippen LogP contribution in [0.4, 0.5) is 0 Å². The van der Waals surface area contributed by atoms with Crippen LogP contribution in [0, 0.1) is 19.8 Å². The molecule has 35 heavy (non-hydrogen) atoms. The van der Waals surface area contributed by atoms with Gasteiger partial charge in [-0.25, -0.2) is 4.98 Å². The zero-order valence-corrected chi connectivity index (χ0v) is 22.6. The summed E-state index contributed by atoms with van der Waals surface area (Å²) in [4.78, 5) is 10.9. The van der Waals surface area contributed by atoms with Crippen molar-refractivity contribution in [2.24, 2.45) is 5.92 Å². The smallest absolute Gasteiger partial charge is 0.152 e. The third-order valence-electron chi connectivity index (χ3n) is 6.77. The number of hydrogen-bond acceptors (Lipinski definition) is 2. The molecule has 2 aromatic carbocycles. The number of halogens is 1. The third kappa shape index (κ3) is 6.17. The molecule has 0 amide bonds. The summed E-state index contributed by atoms with van der Waals surface area (Å²) in [7, 11) is 0. The molecular weight excluding hydrogens is 452 g/mol. The molecule has 4 rings (SSSR count). The Balaban J connectivity index is 1.67. The summed E-state index contributed by atoms with van der Waals surface area (Å²) >= 11 is 6.86. The van der Waals surface area contributed by atoms with Gasteiger partial charge in [0.25, 0.3) is 0 Å². The molecule has 5 heteroatoms. The number of nitrogens with one attached hydrogen (secondary N) is 1. The number of aromatic amines is 1. The Hall–Kier alpha value is -2.56. The first-order valence-corrected chi connectivity index (χ1v) is 13.3. The van der Waals surface area contributed by atoms with E-state index < -0.39 is 0 Å². The van der Waals surface area contributed by atoms with Crippen molar-refractivity contribution >= 4 is 22.5 Å². The minimum absolute atomic E-state index is 0.630. The average molecular weight is 491 g/mol. The Labute approximate surface area is 215 Å². The first-order chi connectivity index (χ1) is 16.9. The predicted molar refractivity (Wildman–Crippen MR) is 149 cm³/mol. The number of nitrogens with zero attached hydrogens (tertiary/aromatic N) is 3. The maximum Gasteiger partial charge on any atom is 0.152 e. The summed E-state index contributed by atoms with van der Waals surface area (Å²) in [5.41, 5.74) is 7.24. The van der Waals surface area contributed by atoms with Crippen molar-refractivity contribution in [3.8, 4) is 11.4 Å². The molecule has 0 fully saturated rings. The lowest BCUT2D eigenvalue weighted by Gasteiger charge is -2.25. The number of rotatable bonds is 11. The molecule has 0 unspecified atom stereocenters. The molecule has 0 aliphatic heterocycles. The van der Waals surface area contributed by atoms with Gasteiger partial charge in [-0.2, -0.15) is 0 Å². The van der Waals surface area contributed by atoms with E-state index in [1.807, 2.05) is 0 Å². The fourth-order valence-electron chi connectivity index (χ4n) is 4.74. The van der Waals surface area contributed by atoms with Crippen LogP contribution in [0.1, 0.15) is 62.5 Å². The van der Waals surface area contributed by atoms with Gasteiger partial charge < -0.3 is 9.55 Å². The van der Waals surface area contributed by atoms with E-state index in [4.69, 9.17) is 16.6 Å². The van der Waals surface area contributed by atoms with Gasteiger partial charge in [-0.3, -0.25) is 4.90 Å². The van der Waals surface area contributed by atoms with Gasteiger partial charge in [-0.05, 0) is 73.9 Å². The fraction of sp³-hybridized carbons (Fsp3) is 0.433. The molecule has 4 nitrogen and oxygen atoms in total. The van der Waals surface area contributed by atoms with E-state index in [0.29, 0.717) is 11.1 Å². The molecule has 4 aromatic rings. The van der Waals surface area contributed by atoms with Crippen molar-refractivity contribution in [2.75, 3.05) is 6.54 Å². The van der Waals surface area contributed by atoms with E-state index in [1.54, 1.807) is 0 Å². The van der Waals surface area contributed by atoms with Crippen LogP contribution in [0.5, 0.6) is 0 Å². The highest BCUT2D eigenvalue weighted by Crippen LogP contribution is 2.30. The van der Waals surface area contributed by atoms with Crippen molar-refractivity contribution in [1.29, 1.82) is 0 Å². The zero-order chi connectivity index (χ0) is 24.9. The zero-order valence-electron chi connectivity index (χ0n) is 21.9. The predicted octanol–water partition coefficient (Wildman–Crippen LogP) is 8.15. The van der Waals surface area contributed by atoms with Crippen LogP contribution >= 0.6 is 11.6 Å². The molecule has 0 spiro atoms. The molecular formula is C30H39ClN4. The summed E-state index contributed by atoms with van der Waals surface area (Å²) in [6, 6.07) is 17.5. The number of unbranched alkanes of at least 4 members (excludes halogenated alkanes) is 1. The molecule has 2 aromatic heterocycles. The quantitative estimate of drug-likeness (QED) is 0.230. The summed E-state index contributed by atoms with van der Waals surface area (Å²) < 4.78 is 2.37. The monoisotopic (exact) mass is 490 g/mol. The van der Waals surface area contributed by atoms with Crippen LogP contribution < -0.4 is 0 Å². The van der Waals surface area contributed by atoms with Crippen LogP contribution in [0.25, 0.3) is 22.3 Å². The number of aromatic nitrogens is 3. The molecule has 0 saturated carbocycles. The minimum atomic E-state index is 0.630. The topological polar surface area (TPSA) is 36.9 Å². The van der Waals surface area contributed by atoms with Gasteiger partial charge in [0.05, 0.1) is 5.69 Å². The van der Waals surface area contributed by atoms with Crippen LogP contribution in [0.3, 0.4) is 0 Å². The van der Waals surface area contributed by atoms with E-state index >= 15 is 0 Å². The number of fused-ring (bicyclic) bond motifs is 1. The second-order valence-electron chi connectivity index (χ2n) is 10.3. The largest absolute Gasteiger partial charge is 0.359 e. The standard InChI is InChI=1S/C30H39ClN4/c1-6-7-15-35-28(29(31)33-30(35)26-11-9-8-10-22(26)4)20-34(16-14-21(2)3)19-24-12-13-27-25(18-24)17-23(5)32-27/h8-13,17-18,21,32H,6-7,14-16,19-20H2,1-5H3. The molecule has 2 heterocycles. The van der Waals surface area contributed by atoms with E-state index in [2.05, 4.69) is 97.6 Å². The number of aryl methyl sites for hydroxylation is 2. The number of hydrogen-bond donors (Lipinski definition) is 1. The molecule has 0 aliphatic carbocycles. The highest BCUT2D eigenvalue weighted by molar-refractivity contribution is 6.30. The van der Waals surface area contributed by atoms with Crippen LogP contribution in [-0.2, 0) is 19.6 Å². The van der Waals surface area contributed by atoms with E-state index in [0.717, 1.165) is 57.0 Å². The van der Waals surface area contributed by atoms with Crippen LogP contribution in [-0.4, -0.2) is 26.0 Å². The summed E-state index contributed by atoms with van der Waals surface area (Å²) in [5, 5.41) is 1.90. The molecule has 186 valence electrons. The number of H-pyrrole nitrogens is 1. The van der Waals surface area contributed by atoms with Crippen molar-refractivity contribution in [2.45, 2.75) is 73.5 Å². The highest BCUT2D eigenvalue weighted by Gasteiger charge is 2.21. The Morgan fingerprint density at radius 3 is 2.60 bits per heavy atom. The van der Waals surface area contributed by atoms with Gasteiger partial charge in [0.2, 0.25) is 0 Å². The van der Waals surface area contributed by atoms with Gasteiger partial charge in [0.1, 0.15) is 5.82 Å². The van der Waals surface area contributed by atoms with Crippen LogP contribution in [0.15, 0.2) is 48.5 Å². The van der Waals surface area contributed by atoms with Crippen molar-refractivity contribution < 1.29 is 0 Å². The van der Waals surface area contributed by atoms with Crippen LogP contribution in [0.2, 0.25) is 5.15 Å². The van der Waals surface area contributed by atoms with Gasteiger partial charge >= 0.3 is 0 Å². The van der Waals surface area contributed by atoms with Gasteiger partial charge in [0.15, 0.2) is 5.15 Å². The summed E-state index contributed by atoms with van der Waals surface area (Å²) in [6.07, 6.45) is 3.39. The normalized spacial score (nSPS) is 11.9. The van der Waals surface area contributed by atoms with Gasteiger partial charge in [0, 0.05) is 36.4 Å². The lowest BCUT2D eigenvalue weighted by molar-refractivity contribution is 0.235. The Kier molecular flexibility index (Phi) is 8.35. The van der Waals surface area contributed by atoms with E-state index in [-0.39, 0.29) is 0 Å². The van der Waals surface area contributed by atoms with Crippen molar-refractivity contribution in [1.82, 2.24) is 19.4 Å². The lowest BCUT2D eigenvalue weighted by Crippen LogP contribution is -2.26. The van der Waals surface area contributed by atoms with E-state index in [9.17, 15) is 0 Å². The maximum absolute atomic E-state index is 6.86. The van der Waals surface area contributed by atoms with E-state index in [1.165, 1.54) is 33.3 Å². The summed E-state index contributed by atoms with van der Waals surface area (Å²) in [5.74, 6) is 1.64. The lowest BCUT2D eigenvalue weighted by atomic mass is 10.1. The SMILES string of the molecule is CCCCn1c(-c2ccccc2C)nc(Cl)c1CN(CCC(C)C)Cc1ccc2[nH]c(C)cc2c1. The first kappa shape index (κ1) is 25.5. The number of benzene rings is 2. The Bertz CT molecular complexity index is 1270. The minimum Gasteiger partial charge on any atom is -0.359 e. The Morgan fingerprint density at radius 2 is 1.86 bits per heavy atom. The molecule has 0 saturated heterocycles. The molecule has 0 radical (unpaired) electrons. The summed E-state index contributed by atoms with van der Waals surface area (Å²) in [6.45, 7) is 14.7. The fourth-order valence-corrected chi connectivity index (χ4v) is 4.99. The van der Waals surface area contributed by atoms with Gasteiger partial charge in [-0.1, -0.05) is 69.1 Å². The van der Waals surface area contributed by atoms with Crippen molar-refractivity contribution in [3.63, 3.8) is 0 Å². The maximum atomic E-state index is 6.86. The molecule has 1 N–H and O–H groups in total. The molecule has 0 atom stereocenters. The number of imidazole rings is 1. The second-order valence-corrected chi connectivity index (χ2v) is 10.6. The average Bonchev–Trinajstić information content (AvgIpc) is 3.34. The highest BCUT2D eigenvalue weighted by atomic mass is 35.5.